The van der Waals surface area contributed by atoms with E-state index in [-0.39, 0.29) is 12.1 Å². The Bertz CT molecular complexity index is 810. The zero-order valence-electron chi connectivity index (χ0n) is 14.3. The van der Waals surface area contributed by atoms with Gasteiger partial charge in [0.15, 0.2) is 11.6 Å². The predicted octanol–water partition coefficient (Wildman–Crippen LogP) is 6.47. The fourth-order valence-corrected chi connectivity index (χ4v) is 2.34. The largest absolute Gasteiger partial charge is 0.573 e. The second-order valence-corrected chi connectivity index (χ2v) is 5.80. The first-order valence-corrected chi connectivity index (χ1v) is 8.03. The van der Waals surface area contributed by atoms with E-state index in [9.17, 15) is 35.1 Å². The highest BCUT2D eigenvalue weighted by atomic mass is 19.4. The summed E-state index contributed by atoms with van der Waals surface area (Å²) < 4.78 is 113. The third-order valence-corrected chi connectivity index (χ3v) is 3.60. The quantitative estimate of drug-likeness (QED) is 0.484. The molecule has 0 aromatic heterocycles. The SMILES string of the molecule is CCCCc1ccc(C(F)(F)Oc2cc(F)c(OC(F)(F)F)c(F)c2)c(F)c1. The number of aryl methyl sites for hydroxylation is 1. The van der Waals surface area contributed by atoms with E-state index in [4.69, 9.17) is 0 Å². The van der Waals surface area contributed by atoms with Crippen molar-refractivity contribution in [2.75, 3.05) is 0 Å². The molecule has 28 heavy (non-hydrogen) atoms. The molecule has 2 aromatic rings. The lowest BCUT2D eigenvalue weighted by molar-refractivity contribution is -0.276. The van der Waals surface area contributed by atoms with Gasteiger partial charge in [-0.3, -0.25) is 0 Å². The van der Waals surface area contributed by atoms with E-state index < -0.39 is 47.0 Å². The van der Waals surface area contributed by atoms with Crippen LogP contribution in [-0.4, -0.2) is 6.36 Å². The number of unbranched alkanes of at least 4 members (excludes halogenated alkanes) is 1. The number of rotatable bonds is 7. The molecular formula is C18H14F8O2. The summed E-state index contributed by atoms with van der Waals surface area (Å²) in [7, 11) is 0. The van der Waals surface area contributed by atoms with Crippen LogP contribution in [0, 0.1) is 17.5 Å². The van der Waals surface area contributed by atoms with Crippen LogP contribution >= 0.6 is 0 Å². The van der Waals surface area contributed by atoms with Crippen molar-refractivity contribution in [3.63, 3.8) is 0 Å². The second kappa shape index (κ2) is 8.24. The summed E-state index contributed by atoms with van der Waals surface area (Å²) >= 11 is 0. The molecule has 0 saturated heterocycles. The van der Waals surface area contributed by atoms with Gasteiger partial charge in [0.2, 0.25) is 5.75 Å². The fourth-order valence-electron chi connectivity index (χ4n) is 2.34. The lowest BCUT2D eigenvalue weighted by Gasteiger charge is -2.20. The van der Waals surface area contributed by atoms with Crippen LogP contribution in [0.2, 0.25) is 0 Å². The summed E-state index contributed by atoms with van der Waals surface area (Å²) in [5.74, 6) is -8.10. The Morgan fingerprint density at radius 3 is 1.93 bits per heavy atom. The molecule has 2 nitrogen and oxygen atoms in total. The first-order chi connectivity index (χ1) is 12.9. The Balaban J connectivity index is 2.26. The van der Waals surface area contributed by atoms with Crippen molar-refractivity contribution in [1.29, 1.82) is 0 Å². The zero-order chi connectivity index (χ0) is 21.1. The first kappa shape index (κ1) is 21.8. The minimum Gasteiger partial charge on any atom is -0.429 e. The van der Waals surface area contributed by atoms with Gasteiger partial charge >= 0.3 is 12.5 Å². The molecule has 0 aliphatic carbocycles. The van der Waals surface area contributed by atoms with E-state index in [1.165, 1.54) is 6.07 Å². The van der Waals surface area contributed by atoms with Gasteiger partial charge in [-0.15, -0.1) is 13.2 Å². The summed E-state index contributed by atoms with van der Waals surface area (Å²) in [5, 5.41) is 0. The molecule has 0 heterocycles. The van der Waals surface area contributed by atoms with Crippen molar-refractivity contribution in [2.24, 2.45) is 0 Å². The molecule has 2 aromatic carbocycles. The third kappa shape index (κ3) is 5.49. The molecule has 0 spiro atoms. The van der Waals surface area contributed by atoms with Crippen LogP contribution in [0.5, 0.6) is 11.5 Å². The van der Waals surface area contributed by atoms with Crippen LogP contribution in [0.4, 0.5) is 35.1 Å². The maximum absolute atomic E-state index is 14.2. The number of benzene rings is 2. The van der Waals surface area contributed by atoms with E-state index in [2.05, 4.69) is 9.47 Å². The molecular weight excluding hydrogens is 400 g/mol. The van der Waals surface area contributed by atoms with Gasteiger partial charge in [0.05, 0.1) is 5.56 Å². The summed E-state index contributed by atoms with van der Waals surface area (Å²) in [6.45, 7) is 1.90. The number of hydrogen-bond donors (Lipinski definition) is 0. The van der Waals surface area contributed by atoms with Crippen molar-refractivity contribution in [2.45, 2.75) is 38.7 Å². The Kier molecular flexibility index (Phi) is 6.41. The maximum Gasteiger partial charge on any atom is 0.573 e. The molecule has 0 fully saturated rings. The summed E-state index contributed by atoms with van der Waals surface area (Å²) in [6.07, 6.45) is -7.73. The van der Waals surface area contributed by atoms with Gasteiger partial charge in [-0.05, 0) is 30.5 Å². The van der Waals surface area contributed by atoms with Gasteiger partial charge in [0.1, 0.15) is 11.6 Å². The molecule has 0 saturated carbocycles. The number of hydrogen-bond acceptors (Lipinski definition) is 2. The maximum atomic E-state index is 14.2. The van der Waals surface area contributed by atoms with Gasteiger partial charge in [-0.2, -0.15) is 8.78 Å². The van der Waals surface area contributed by atoms with Crippen molar-refractivity contribution in [3.05, 3.63) is 58.9 Å². The van der Waals surface area contributed by atoms with Crippen LogP contribution in [0.25, 0.3) is 0 Å². The first-order valence-electron chi connectivity index (χ1n) is 8.03. The molecule has 0 aliphatic heterocycles. The Morgan fingerprint density at radius 1 is 0.821 bits per heavy atom. The van der Waals surface area contributed by atoms with Gasteiger partial charge in [-0.1, -0.05) is 19.4 Å². The van der Waals surface area contributed by atoms with Crippen molar-refractivity contribution < 1.29 is 44.6 Å². The Labute approximate surface area is 154 Å². The standard InChI is InChI=1S/C18H14F8O2/c1-2-3-4-10-5-6-12(13(19)7-10)17(22,23)27-11-8-14(20)16(15(21)9-11)28-18(24,25)26/h5-9H,2-4H2,1H3. The smallest absolute Gasteiger partial charge is 0.429 e. The molecule has 2 rings (SSSR count). The molecule has 154 valence electrons. The van der Waals surface area contributed by atoms with Crippen LogP contribution in [0.1, 0.15) is 30.9 Å². The molecule has 0 radical (unpaired) electrons. The van der Waals surface area contributed by atoms with Gasteiger partial charge in [0, 0.05) is 12.1 Å². The number of alkyl halides is 5. The van der Waals surface area contributed by atoms with Gasteiger partial charge < -0.3 is 9.47 Å². The Hall–Kier alpha value is -2.52. The normalized spacial score (nSPS) is 12.2. The highest BCUT2D eigenvalue weighted by Crippen LogP contribution is 2.37. The molecule has 0 atom stereocenters. The van der Waals surface area contributed by atoms with E-state index in [0.29, 0.717) is 12.0 Å². The summed E-state index contributed by atoms with van der Waals surface area (Å²) in [5.41, 5.74) is -0.714. The second-order valence-electron chi connectivity index (χ2n) is 5.80. The fraction of sp³-hybridized carbons (Fsp3) is 0.333. The molecule has 0 unspecified atom stereocenters. The summed E-state index contributed by atoms with van der Waals surface area (Å²) in [6, 6.07) is 3.07. The monoisotopic (exact) mass is 414 g/mol. The molecule has 0 amide bonds. The highest BCUT2D eigenvalue weighted by Gasteiger charge is 2.39. The molecule has 0 aliphatic rings. The lowest BCUT2D eigenvalue weighted by Crippen LogP contribution is -2.24. The average Bonchev–Trinajstić information content (AvgIpc) is 2.55. The minimum absolute atomic E-state index is 0.0750. The Morgan fingerprint density at radius 2 is 1.43 bits per heavy atom. The van der Waals surface area contributed by atoms with Crippen LogP contribution in [0.3, 0.4) is 0 Å². The third-order valence-electron chi connectivity index (χ3n) is 3.60. The topological polar surface area (TPSA) is 18.5 Å². The average molecular weight is 414 g/mol. The van der Waals surface area contributed by atoms with Crippen LogP contribution < -0.4 is 9.47 Å². The molecule has 0 bridgehead atoms. The van der Waals surface area contributed by atoms with Crippen molar-refractivity contribution in [1.82, 2.24) is 0 Å². The molecule has 0 N–H and O–H groups in total. The zero-order valence-corrected chi connectivity index (χ0v) is 14.3. The molecule has 10 heteroatoms. The van der Waals surface area contributed by atoms with E-state index >= 15 is 0 Å². The number of ether oxygens (including phenoxy) is 2. The minimum atomic E-state index is -5.39. The van der Waals surface area contributed by atoms with Crippen LogP contribution in [0.15, 0.2) is 30.3 Å². The van der Waals surface area contributed by atoms with Crippen molar-refractivity contribution >= 4 is 0 Å². The van der Waals surface area contributed by atoms with Crippen LogP contribution in [-0.2, 0) is 12.5 Å². The van der Waals surface area contributed by atoms with Crippen molar-refractivity contribution in [3.8, 4) is 11.5 Å². The van der Waals surface area contributed by atoms with Gasteiger partial charge in [-0.25, -0.2) is 13.2 Å². The van der Waals surface area contributed by atoms with E-state index in [1.807, 2.05) is 6.92 Å². The lowest BCUT2D eigenvalue weighted by atomic mass is 10.1. The van der Waals surface area contributed by atoms with E-state index in [1.54, 1.807) is 0 Å². The summed E-state index contributed by atoms with van der Waals surface area (Å²) in [4.78, 5) is 0. The number of halogens is 8. The highest BCUT2D eigenvalue weighted by molar-refractivity contribution is 5.36. The van der Waals surface area contributed by atoms with E-state index in [0.717, 1.165) is 25.0 Å². The van der Waals surface area contributed by atoms with Gasteiger partial charge in [0.25, 0.3) is 0 Å². The predicted molar refractivity (Wildman–Crippen MR) is 82.6 cm³/mol.